The second-order valence-electron chi connectivity index (χ2n) is 12.6. The maximum atomic E-state index is 10.7. The van der Waals surface area contributed by atoms with E-state index in [0.29, 0.717) is 58.8 Å². The van der Waals surface area contributed by atoms with Crippen molar-refractivity contribution in [2.75, 3.05) is 55.6 Å². The van der Waals surface area contributed by atoms with Crippen LogP contribution in [-0.4, -0.2) is 70.5 Å². The average Bonchev–Trinajstić information content (AvgIpc) is 3.08. The zero-order chi connectivity index (χ0) is 32.8. The molecule has 0 aromatic heterocycles. The highest BCUT2D eigenvalue weighted by molar-refractivity contribution is 5.70. The Kier molecular flexibility index (Phi) is 8.28. The zero-order valence-electron chi connectivity index (χ0n) is 27.9. The minimum absolute atomic E-state index is 0.0580. The molecule has 6 bridgehead atoms. The number of hydrogen-bond donors (Lipinski definition) is 1. The molecule has 8 rings (SSSR count). The first-order valence-electron chi connectivity index (χ1n) is 16.1. The van der Waals surface area contributed by atoms with Crippen molar-refractivity contribution in [3.8, 4) is 51.7 Å². The lowest BCUT2D eigenvalue weighted by atomic mass is 9.86. The van der Waals surface area contributed by atoms with Gasteiger partial charge in [0.15, 0.2) is 34.5 Å². The predicted octanol–water partition coefficient (Wildman–Crippen LogP) is 6.87. The number of phenols is 1. The van der Waals surface area contributed by atoms with Gasteiger partial charge in [-0.1, -0.05) is 18.2 Å². The second-order valence-corrected chi connectivity index (χ2v) is 12.6. The van der Waals surface area contributed by atoms with Gasteiger partial charge in [-0.05, 0) is 98.4 Å². The van der Waals surface area contributed by atoms with Crippen LogP contribution in [0, 0.1) is 0 Å². The summed E-state index contributed by atoms with van der Waals surface area (Å²) in [5.74, 6) is 4.71. The summed E-state index contributed by atoms with van der Waals surface area (Å²) >= 11 is 0. The summed E-state index contributed by atoms with van der Waals surface area (Å²) in [6.45, 7) is 1.73. The van der Waals surface area contributed by atoms with Crippen molar-refractivity contribution in [1.29, 1.82) is 0 Å². The first-order chi connectivity index (χ1) is 22.8. The van der Waals surface area contributed by atoms with Crippen LogP contribution in [0.25, 0.3) is 0 Å². The molecule has 4 aromatic rings. The lowest BCUT2D eigenvalue weighted by Gasteiger charge is -2.38. The van der Waals surface area contributed by atoms with Gasteiger partial charge in [-0.2, -0.15) is 0 Å². The Balaban J connectivity index is 1.49. The van der Waals surface area contributed by atoms with E-state index in [-0.39, 0.29) is 17.8 Å². The molecule has 47 heavy (non-hydrogen) atoms. The van der Waals surface area contributed by atoms with Crippen molar-refractivity contribution in [3.05, 3.63) is 88.0 Å². The van der Waals surface area contributed by atoms with Crippen molar-refractivity contribution in [2.45, 2.75) is 37.8 Å². The topological polar surface area (TPSA) is 82.1 Å². The molecule has 0 saturated heterocycles. The standard InChI is InChI=1S/C38H42N2O7/c1-39-15-13-24-20-32(42-3)33-21-27(24)28(39)18-23-9-12-30(41)31(19-23)46-25-10-7-22(8-11-25)17-29-34-26(14-16-40(29)2)35(43-4)37(44-5)38(45-6)36(34)47-33/h7-12,19-21,28-29,41H,13-18H2,1-6H3/t28-,29-/m0/s1. The molecule has 0 spiro atoms. The minimum Gasteiger partial charge on any atom is -0.504 e. The molecule has 1 N–H and O–H groups in total. The maximum Gasteiger partial charge on any atom is 0.208 e. The second kappa shape index (κ2) is 12.5. The summed E-state index contributed by atoms with van der Waals surface area (Å²) in [4.78, 5) is 4.72. The van der Waals surface area contributed by atoms with E-state index in [9.17, 15) is 5.11 Å². The molecule has 0 fully saturated rings. The third-order valence-electron chi connectivity index (χ3n) is 9.95. The number of methoxy groups -OCH3 is 4. The highest BCUT2D eigenvalue weighted by Crippen LogP contribution is 2.56. The van der Waals surface area contributed by atoms with Gasteiger partial charge in [-0.3, -0.25) is 9.80 Å². The number of hydrogen-bond acceptors (Lipinski definition) is 9. The van der Waals surface area contributed by atoms with Crippen molar-refractivity contribution in [1.82, 2.24) is 9.80 Å². The van der Waals surface area contributed by atoms with Crippen LogP contribution in [0.4, 0.5) is 0 Å². The summed E-state index contributed by atoms with van der Waals surface area (Å²) in [5, 5.41) is 10.7. The average molecular weight is 639 g/mol. The van der Waals surface area contributed by atoms with E-state index in [4.69, 9.17) is 28.4 Å². The van der Waals surface area contributed by atoms with Crippen LogP contribution in [0.5, 0.6) is 51.7 Å². The van der Waals surface area contributed by atoms with Gasteiger partial charge in [0.1, 0.15) is 5.75 Å². The number of phenolic OH excluding ortho intramolecular Hbond substituents is 1. The van der Waals surface area contributed by atoms with Gasteiger partial charge in [-0.25, -0.2) is 0 Å². The molecule has 0 radical (unpaired) electrons. The minimum atomic E-state index is -0.0589. The predicted molar refractivity (Wildman–Crippen MR) is 179 cm³/mol. The van der Waals surface area contributed by atoms with E-state index in [2.05, 4.69) is 48.2 Å². The summed E-state index contributed by atoms with van der Waals surface area (Å²) in [5.41, 5.74) is 6.62. The lowest BCUT2D eigenvalue weighted by molar-refractivity contribution is 0.216. The first-order valence-corrected chi connectivity index (χ1v) is 16.1. The highest BCUT2D eigenvalue weighted by Gasteiger charge is 2.37. The number of likely N-dealkylation sites (N-methyl/N-ethyl adjacent to an activating group) is 2. The van der Waals surface area contributed by atoms with Crippen molar-refractivity contribution < 1.29 is 33.5 Å². The van der Waals surface area contributed by atoms with E-state index < -0.39 is 0 Å². The van der Waals surface area contributed by atoms with Crippen LogP contribution in [0.3, 0.4) is 0 Å². The van der Waals surface area contributed by atoms with Gasteiger partial charge >= 0.3 is 0 Å². The fourth-order valence-electron chi connectivity index (χ4n) is 7.42. The molecule has 4 aromatic carbocycles. The molecule has 9 heteroatoms. The summed E-state index contributed by atoms with van der Waals surface area (Å²) in [6, 6.07) is 17.9. The largest absolute Gasteiger partial charge is 0.504 e. The Morgan fingerprint density at radius 3 is 2.09 bits per heavy atom. The van der Waals surface area contributed by atoms with E-state index in [1.165, 1.54) is 11.1 Å². The van der Waals surface area contributed by atoms with Crippen molar-refractivity contribution >= 4 is 0 Å². The SMILES string of the molecule is COc1cc2c3cc1Oc1c(OC)c(OC)c(OC)c4c1[C@H](Cc1ccc(cc1)Oc1cc(ccc1O)C[C@@H]3N(C)CC2)N(C)CC4. The van der Waals surface area contributed by atoms with Crippen LogP contribution in [0.15, 0.2) is 54.6 Å². The molecule has 0 aliphatic carbocycles. The van der Waals surface area contributed by atoms with Crippen LogP contribution in [0.1, 0.15) is 45.5 Å². The number of aromatic hydroxyl groups is 1. The summed E-state index contributed by atoms with van der Waals surface area (Å²) in [7, 11) is 10.9. The number of fused-ring (bicyclic) bond motifs is 2. The quantitative estimate of drug-likeness (QED) is 0.258. The van der Waals surface area contributed by atoms with Gasteiger partial charge < -0.3 is 33.5 Å². The Morgan fingerprint density at radius 1 is 0.681 bits per heavy atom. The smallest absolute Gasteiger partial charge is 0.208 e. The molecule has 0 saturated carbocycles. The number of nitrogens with zero attached hydrogens (tertiary/aromatic N) is 2. The van der Waals surface area contributed by atoms with E-state index in [0.717, 1.165) is 48.2 Å². The Bertz CT molecular complexity index is 1810. The zero-order valence-corrected chi connectivity index (χ0v) is 27.9. The number of rotatable bonds is 4. The highest BCUT2D eigenvalue weighted by atomic mass is 16.6. The van der Waals surface area contributed by atoms with E-state index in [1.54, 1.807) is 34.5 Å². The molecular formula is C38H42N2O7. The van der Waals surface area contributed by atoms with Crippen LogP contribution < -0.4 is 28.4 Å². The van der Waals surface area contributed by atoms with Gasteiger partial charge in [0.05, 0.1) is 28.4 Å². The number of ether oxygens (including phenoxy) is 6. The molecule has 4 aliphatic rings. The van der Waals surface area contributed by atoms with Crippen LogP contribution >= 0.6 is 0 Å². The molecule has 4 aliphatic heterocycles. The molecule has 246 valence electrons. The van der Waals surface area contributed by atoms with E-state index >= 15 is 0 Å². The summed E-state index contributed by atoms with van der Waals surface area (Å²) < 4.78 is 37.3. The lowest BCUT2D eigenvalue weighted by Crippen LogP contribution is -2.34. The van der Waals surface area contributed by atoms with Crippen molar-refractivity contribution in [3.63, 3.8) is 0 Å². The maximum absolute atomic E-state index is 10.7. The van der Waals surface area contributed by atoms with E-state index in [1.807, 2.05) is 24.3 Å². The van der Waals surface area contributed by atoms with Gasteiger partial charge in [0.2, 0.25) is 11.5 Å². The molecule has 2 atom stereocenters. The molecule has 0 unspecified atom stereocenters. The van der Waals surface area contributed by atoms with Crippen molar-refractivity contribution in [2.24, 2.45) is 0 Å². The number of benzene rings is 4. The normalized spacial score (nSPS) is 19.0. The molecule has 9 nitrogen and oxygen atoms in total. The third kappa shape index (κ3) is 5.47. The van der Waals surface area contributed by atoms with Gasteiger partial charge in [-0.15, -0.1) is 0 Å². The molecule has 4 heterocycles. The Morgan fingerprint density at radius 2 is 1.36 bits per heavy atom. The first kappa shape index (κ1) is 31.0. The third-order valence-corrected chi connectivity index (χ3v) is 9.95. The van der Waals surface area contributed by atoms with Gasteiger partial charge in [0, 0.05) is 36.3 Å². The van der Waals surface area contributed by atoms with Gasteiger partial charge in [0.25, 0.3) is 0 Å². The summed E-state index contributed by atoms with van der Waals surface area (Å²) in [6.07, 6.45) is 3.06. The fourth-order valence-corrected chi connectivity index (χ4v) is 7.42. The van der Waals surface area contributed by atoms with Crippen LogP contribution in [-0.2, 0) is 25.7 Å². The molecular weight excluding hydrogens is 596 g/mol. The monoisotopic (exact) mass is 638 g/mol. The Labute approximate surface area is 276 Å². The molecule has 0 amide bonds. The van der Waals surface area contributed by atoms with Crippen LogP contribution in [0.2, 0.25) is 0 Å². The fraction of sp³-hybridized carbons (Fsp3) is 0.368. The Hall–Kier alpha value is -4.60.